The summed E-state index contributed by atoms with van der Waals surface area (Å²) in [6.07, 6.45) is 0. The van der Waals surface area contributed by atoms with Crippen LogP contribution in [0.25, 0.3) is 21.9 Å². The molecule has 96 valence electrons. The number of phenolic OH excluding ortho intramolecular Hbond substituents is 1. The second-order valence-electron chi connectivity index (χ2n) is 4.45. The topological polar surface area (TPSA) is 59.7 Å². The van der Waals surface area contributed by atoms with Gasteiger partial charge in [-0.2, -0.15) is 0 Å². The minimum absolute atomic E-state index is 0.134. The van der Waals surface area contributed by atoms with Crippen LogP contribution in [0, 0.1) is 6.92 Å². The molecule has 0 unspecified atom stereocenters. The molecule has 0 fully saturated rings. The average Bonchev–Trinajstić information content (AvgIpc) is 2.37. The van der Waals surface area contributed by atoms with Crippen LogP contribution in [0.15, 0.2) is 39.5 Å². The maximum absolute atomic E-state index is 12.4. The summed E-state index contributed by atoms with van der Waals surface area (Å²) in [5.74, 6) is 0.311. The van der Waals surface area contributed by atoms with E-state index in [-0.39, 0.29) is 16.6 Å². The molecule has 1 heterocycles. The molecule has 0 atom stereocenters. The fourth-order valence-corrected chi connectivity index (χ4v) is 2.16. The summed E-state index contributed by atoms with van der Waals surface area (Å²) in [7, 11) is 1.49. The first-order chi connectivity index (χ1) is 9.10. The van der Waals surface area contributed by atoms with Gasteiger partial charge < -0.3 is 14.3 Å². The van der Waals surface area contributed by atoms with Gasteiger partial charge in [-0.3, -0.25) is 4.79 Å². The fraction of sp³-hybridized carbons (Fsp3) is 0.133. The summed E-state index contributed by atoms with van der Waals surface area (Å²) in [5.41, 5.74) is 1.59. The van der Waals surface area contributed by atoms with Crippen LogP contribution in [0.5, 0.6) is 11.5 Å². The number of phenols is 1. The monoisotopic (exact) mass is 256 g/mol. The van der Waals surface area contributed by atoms with Crippen LogP contribution < -0.4 is 10.2 Å². The molecule has 0 radical (unpaired) electrons. The quantitative estimate of drug-likeness (QED) is 0.680. The Labute approximate surface area is 108 Å². The molecule has 2 aromatic carbocycles. The van der Waals surface area contributed by atoms with E-state index in [4.69, 9.17) is 9.15 Å². The minimum Gasteiger partial charge on any atom is -0.507 e. The smallest absolute Gasteiger partial charge is 0.204 e. The molecule has 0 aliphatic carbocycles. The zero-order valence-corrected chi connectivity index (χ0v) is 10.6. The average molecular weight is 256 g/mol. The van der Waals surface area contributed by atoms with Gasteiger partial charge in [-0.25, -0.2) is 0 Å². The lowest BCUT2D eigenvalue weighted by atomic mass is 10.1. The zero-order chi connectivity index (χ0) is 13.6. The van der Waals surface area contributed by atoms with Gasteiger partial charge in [0, 0.05) is 12.1 Å². The van der Waals surface area contributed by atoms with Gasteiger partial charge in [0.05, 0.1) is 12.5 Å². The van der Waals surface area contributed by atoms with Crippen molar-refractivity contribution < 1.29 is 14.3 Å². The number of ether oxygens (including phenoxy) is 1. The Bertz CT molecular complexity index is 846. The lowest BCUT2D eigenvalue weighted by molar-refractivity contribution is 0.408. The minimum atomic E-state index is -0.239. The Morgan fingerprint density at radius 2 is 1.95 bits per heavy atom. The second kappa shape index (κ2) is 4.02. The van der Waals surface area contributed by atoms with E-state index in [1.165, 1.54) is 13.2 Å². The van der Waals surface area contributed by atoms with Crippen molar-refractivity contribution in [2.45, 2.75) is 6.92 Å². The first kappa shape index (κ1) is 11.6. The number of aromatic hydroxyl groups is 1. The fourth-order valence-electron chi connectivity index (χ4n) is 2.16. The van der Waals surface area contributed by atoms with Crippen molar-refractivity contribution in [3.8, 4) is 11.5 Å². The van der Waals surface area contributed by atoms with Crippen molar-refractivity contribution in [1.29, 1.82) is 0 Å². The van der Waals surface area contributed by atoms with Crippen LogP contribution in [0.2, 0.25) is 0 Å². The molecule has 0 aliphatic heterocycles. The molecular weight excluding hydrogens is 244 g/mol. The molecule has 19 heavy (non-hydrogen) atoms. The van der Waals surface area contributed by atoms with Crippen LogP contribution >= 0.6 is 0 Å². The Kier molecular flexibility index (Phi) is 2.45. The van der Waals surface area contributed by atoms with E-state index in [1.807, 2.05) is 13.0 Å². The lowest BCUT2D eigenvalue weighted by Gasteiger charge is -2.06. The van der Waals surface area contributed by atoms with Crippen molar-refractivity contribution in [2.75, 3.05) is 7.11 Å². The zero-order valence-electron chi connectivity index (χ0n) is 10.6. The number of rotatable bonds is 1. The largest absolute Gasteiger partial charge is 0.507 e. The number of fused-ring (bicyclic) bond motifs is 2. The maximum atomic E-state index is 12.4. The van der Waals surface area contributed by atoms with E-state index in [2.05, 4.69) is 0 Å². The molecule has 4 nitrogen and oxygen atoms in total. The van der Waals surface area contributed by atoms with E-state index in [1.54, 1.807) is 18.2 Å². The molecule has 4 heteroatoms. The third-order valence-electron chi connectivity index (χ3n) is 3.12. The van der Waals surface area contributed by atoms with Crippen molar-refractivity contribution in [3.63, 3.8) is 0 Å². The molecule has 0 bridgehead atoms. The highest BCUT2D eigenvalue weighted by Crippen LogP contribution is 2.30. The summed E-state index contributed by atoms with van der Waals surface area (Å²) in [6.45, 7) is 1.92. The second-order valence-corrected chi connectivity index (χ2v) is 4.45. The van der Waals surface area contributed by atoms with Gasteiger partial charge in [0.25, 0.3) is 0 Å². The summed E-state index contributed by atoms with van der Waals surface area (Å²) < 4.78 is 10.7. The van der Waals surface area contributed by atoms with Gasteiger partial charge in [-0.15, -0.1) is 0 Å². The van der Waals surface area contributed by atoms with E-state index < -0.39 is 0 Å². The van der Waals surface area contributed by atoms with E-state index in [9.17, 15) is 9.90 Å². The summed E-state index contributed by atoms with van der Waals surface area (Å²) in [5, 5.41) is 10.6. The predicted molar refractivity (Wildman–Crippen MR) is 72.9 cm³/mol. The number of hydrogen-bond donors (Lipinski definition) is 1. The molecule has 0 amide bonds. The van der Waals surface area contributed by atoms with Crippen molar-refractivity contribution in [2.24, 2.45) is 0 Å². The summed E-state index contributed by atoms with van der Waals surface area (Å²) >= 11 is 0. The Morgan fingerprint density at radius 1 is 1.16 bits per heavy atom. The molecule has 3 aromatic rings. The van der Waals surface area contributed by atoms with E-state index in [0.717, 1.165) is 5.56 Å². The molecule has 0 aliphatic rings. The summed E-state index contributed by atoms with van der Waals surface area (Å²) in [4.78, 5) is 12.4. The first-order valence-electron chi connectivity index (χ1n) is 5.84. The van der Waals surface area contributed by atoms with Crippen molar-refractivity contribution in [3.05, 3.63) is 46.1 Å². The van der Waals surface area contributed by atoms with Gasteiger partial charge in [-0.1, -0.05) is 6.07 Å². The highest BCUT2D eigenvalue weighted by Gasteiger charge is 2.13. The number of methoxy groups -OCH3 is 1. The van der Waals surface area contributed by atoms with Crippen LogP contribution in [0.4, 0.5) is 0 Å². The van der Waals surface area contributed by atoms with Crippen LogP contribution in [-0.2, 0) is 0 Å². The highest BCUT2D eigenvalue weighted by atomic mass is 16.5. The van der Waals surface area contributed by atoms with Gasteiger partial charge in [0.2, 0.25) is 5.43 Å². The molecule has 0 saturated carbocycles. The Hall–Kier alpha value is -2.49. The predicted octanol–water partition coefficient (Wildman–Crippen LogP) is 2.97. The molecule has 0 saturated heterocycles. The Balaban J connectivity index is 2.53. The normalized spacial score (nSPS) is 11.1. The van der Waals surface area contributed by atoms with Gasteiger partial charge >= 0.3 is 0 Å². The van der Waals surface area contributed by atoms with Crippen LogP contribution in [-0.4, -0.2) is 12.2 Å². The van der Waals surface area contributed by atoms with Crippen LogP contribution in [0.3, 0.4) is 0 Å². The molecule has 3 rings (SSSR count). The number of aryl methyl sites for hydroxylation is 1. The van der Waals surface area contributed by atoms with E-state index >= 15 is 0 Å². The SMILES string of the molecule is COc1cc(O)c2c(=O)c3ccc(C)cc3oc2c1. The van der Waals surface area contributed by atoms with Crippen molar-refractivity contribution >= 4 is 21.9 Å². The highest BCUT2D eigenvalue weighted by molar-refractivity contribution is 5.93. The summed E-state index contributed by atoms with van der Waals surface area (Å²) in [6, 6.07) is 8.34. The standard InChI is InChI=1S/C15H12O4/c1-8-3-4-10-12(5-8)19-13-7-9(18-2)6-11(16)14(13)15(10)17/h3-7,16H,1-2H3. The van der Waals surface area contributed by atoms with Gasteiger partial charge in [0.1, 0.15) is 28.1 Å². The molecule has 1 N–H and O–H groups in total. The van der Waals surface area contributed by atoms with Crippen LogP contribution in [0.1, 0.15) is 5.56 Å². The van der Waals surface area contributed by atoms with Gasteiger partial charge in [0.15, 0.2) is 0 Å². The Morgan fingerprint density at radius 3 is 2.68 bits per heavy atom. The lowest BCUT2D eigenvalue weighted by Crippen LogP contribution is -2.02. The van der Waals surface area contributed by atoms with E-state index in [0.29, 0.717) is 22.3 Å². The number of benzene rings is 2. The first-order valence-corrected chi connectivity index (χ1v) is 5.84. The maximum Gasteiger partial charge on any atom is 0.204 e. The molecule has 1 aromatic heterocycles. The molecular formula is C15H12O4. The molecule has 0 spiro atoms. The van der Waals surface area contributed by atoms with Crippen molar-refractivity contribution in [1.82, 2.24) is 0 Å². The van der Waals surface area contributed by atoms with Gasteiger partial charge in [-0.05, 0) is 24.6 Å². The number of hydrogen-bond acceptors (Lipinski definition) is 4. The third-order valence-corrected chi connectivity index (χ3v) is 3.12. The third kappa shape index (κ3) is 1.73.